The van der Waals surface area contributed by atoms with Crippen LogP contribution in [-0.4, -0.2) is 42.8 Å². The van der Waals surface area contributed by atoms with Crippen molar-refractivity contribution in [1.29, 1.82) is 0 Å². The van der Waals surface area contributed by atoms with E-state index in [2.05, 4.69) is 18.7 Å². The van der Waals surface area contributed by atoms with Gasteiger partial charge in [-0.2, -0.15) is 0 Å². The highest BCUT2D eigenvalue weighted by Gasteiger charge is 2.40. The van der Waals surface area contributed by atoms with Gasteiger partial charge < -0.3 is 10.5 Å². The summed E-state index contributed by atoms with van der Waals surface area (Å²) in [6, 6.07) is 1.04. The first-order valence-corrected chi connectivity index (χ1v) is 8.69. The summed E-state index contributed by atoms with van der Waals surface area (Å²) in [7, 11) is 0. The van der Waals surface area contributed by atoms with Crippen LogP contribution in [0.5, 0.6) is 0 Å². The Balaban J connectivity index is 1.64. The molecule has 2 saturated carbocycles. The van der Waals surface area contributed by atoms with Crippen LogP contribution in [0, 0.1) is 11.3 Å². The number of hydrogen-bond donors (Lipinski definition) is 1. The van der Waals surface area contributed by atoms with Crippen LogP contribution < -0.4 is 5.73 Å². The van der Waals surface area contributed by atoms with E-state index in [0.29, 0.717) is 29.5 Å². The van der Waals surface area contributed by atoms with Crippen LogP contribution >= 0.6 is 0 Å². The molecule has 1 heterocycles. The molecule has 0 aromatic rings. The Bertz CT molecular complexity index is 329. The highest BCUT2D eigenvalue weighted by Crippen LogP contribution is 2.39. The molecule has 0 spiro atoms. The molecule has 1 aliphatic heterocycles. The monoisotopic (exact) mass is 280 g/mol. The van der Waals surface area contributed by atoms with Gasteiger partial charge in [0.15, 0.2) is 0 Å². The van der Waals surface area contributed by atoms with E-state index < -0.39 is 0 Å². The summed E-state index contributed by atoms with van der Waals surface area (Å²) in [5.74, 6) is 0.680. The largest absolute Gasteiger partial charge is 0.375 e. The number of morpholine rings is 1. The Hall–Kier alpha value is -0.120. The number of ether oxygens (including phenoxy) is 1. The van der Waals surface area contributed by atoms with Crippen molar-refractivity contribution < 1.29 is 4.74 Å². The van der Waals surface area contributed by atoms with Gasteiger partial charge in [0.2, 0.25) is 0 Å². The molecule has 0 aromatic carbocycles. The molecule has 0 radical (unpaired) electrons. The Labute approximate surface area is 124 Å². The lowest BCUT2D eigenvalue weighted by Crippen LogP contribution is -2.57. The molecule has 3 rings (SSSR count). The summed E-state index contributed by atoms with van der Waals surface area (Å²) in [5.41, 5.74) is 6.90. The smallest absolute Gasteiger partial charge is 0.0730 e. The minimum Gasteiger partial charge on any atom is -0.375 e. The van der Waals surface area contributed by atoms with E-state index in [1.807, 2.05) is 0 Å². The predicted octanol–water partition coefficient (Wildman–Crippen LogP) is 2.78. The molecule has 2 aliphatic carbocycles. The van der Waals surface area contributed by atoms with E-state index in [9.17, 15) is 0 Å². The minimum absolute atomic E-state index is 0.321. The summed E-state index contributed by atoms with van der Waals surface area (Å²) < 4.78 is 6.00. The van der Waals surface area contributed by atoms with Crippen LogP contribution in [0.1, 0.15) is 58.8 Å². The minimum atomic E-state index is 0.321. The first kappa shape index (κ1) is 14.8. The van der Waals surface area contributed by atoms with Crippen LogP contribution in [0.15, 0.2) is 0 Å². The molecule has 116 valence electrons. The second-order valence-electron chi connectivity index (χ2n) is 7.92. The number of rotatable bonds is 2. The van der Waals surface area contributed by atoms with Crippen molar-refractivity contribution in [3.8, 4) is 0 Å². The quantitative estimate of drug-likeness (QED) is 0.845. The van der Waals surface area contributed by atoms with E-state index in [1.54, 1.807) is 0 Å². The maximum absolute atomic E-state index is 6.58. The average Bonchev–Trinajstić information content (AvgIpc) is 2.44. The maximum Gasteiger partial charge on any atom is 0.0730 e. The average molecular weight is 280 g/mol. The third kappa shape index (κ3) is 2.90. The lowest BCUT2D eigenvalue weighted by atomic mass is 9.68. The van der Waals surface area contributed by atoms with Gasteiger partial charge in [-0.05, 0) is 37.0 Å². The Kier molecular flexibility index (Phi) is 4.40. The van der Waals surface area contributed by atoms with Crippen molar-refractivity contribution in [2.75, 3.05) is 19.7 Å². The molecule has 3 nitrogen and oxygen atoms in total. The molecule has 1 saturated heterocycles. The van der Waals surface area contributed by atoms with Crippen LogP contribution in [0.2, 0.25) is 0 Å². The highest BCUT2D eigenvalue weighted by molar-refractivity contribution is 4.95. The van der Waals surface area contributed by atoms with Crippen molar-refractivity contribution in [2.45, 2.75) is 77.0 Å². The van der Waals surface area contributed by atoms with Crippen LogP contribution in [0.3, 0.4) is 0 Å². The van der Waals surface area contributed by atoms with Crippen LogP contribution in [0.4, 0.5) is 0 Å². The van der Waals surface area contributed by atoms with Gasteiger partial charge in [0.05, 0.1) is 12.7 Å². The lowest BCUT2D eigenvalue weighted by Gasteiger charge is -2.48. The first-order chi connectivity index (χ1) is 9.58. The Morgan fingerprint density at radius 3 is 2.80 bits per heavy atom. The fourth-order valence-corrected chi connectivity index (χ4v) is 4.71. The van der Waals surface area contributed by atoms with Crippen molar-refractivity contribution in [3.05, 3.63) is 0 Å². The normalized spacial score (nSPS) is 42.1. The van der Waals surface area contributed by atoms with Gasteiger partial charge in [-0.25, -0.2) is 0 Å². The van der Waals surface area contributed by atoms with Gasteiger partial charge in [0, 0.05) is 25.2 Å². The van der Waals surface area contributed by atoms with E-state index in [4.69, 9.17) is 10.5 Å². The molecule has 3 fully saturated rings. The summed E-state index contributed by atoms with van der Waals surface area (Å²) in [5, 5.41) is 0. The van der Waals surface area contributed by atoms with Gasteiger partial charge >= 0.3 is 0 Å². The number of nitrogens with zero attached hydrogens (tertiary/aromatic N) is 1. The van der Waals surface area contributed by atoms with Gasteiger partial charge in [-0.1, -0.05) is 33.1 Å². The standard InChI is InChI=1S/C17H32N2O/c1-17(2)9-5-6-13(16(17)18)12-19-10-11-20-15-8-4-3-7-14(15)19/h13-16H,3-12,18H2,1-2H3. The molecule has 20 heavy (non-hydrogen) atoms. The van der Waals surface area contributed by atoms with E-state index in [-0.39, 0.29) is 0 Å². The summed E-state index contributed by atoms with van der Waals surface area (Å²) in [6.07, 6.45) is 9.79. The second kappa shape index (κ2) is 5.94. The summed E-state index contributed by atoms with van der Waals surface area (Å²) >= 11 is 0. The number of fused-ring (bicyclic) bond motifs is 1. The molecule has 0 aromatic heterocycles. The molecule has 0 bridgehead atoms. The van der Waals surface area contributed by atoms with Crippen LogP contribution in [-0.2, 0) is 4.74 Å². The fourth-order valence-electron chi connectivity index (χ4n) is 4.71. The third-order valence-corrected chi connectivity index (χ3v) is 6.12. The van der Waals surface area contributed by atoms with Crippen molar-refractivity contribution in [1.82, 2.24) is 4.90 Å². The molecule has 4 unspecified atom stereocenters. The van der Waals surface area contributed by atoms with Crippen molar-refractivity contribution in [2.24, 2.45) is 17.1 Å². The van der Waals surface area contributed by atoms with Gasteiger partial charge in [0.1, 0.15) is 0 Å². The molecule has 3 heteroatoms. The number of hydrogen-bond acceptors (Lipinski definition) is 3. The zero-order chi connectivity index (χ0) is 14.2. The third-order valence-electron chi connectivity index (χ3n) is 6.12. The summed E-state index contributed by atoms with van der Waals surface area (Å²) in [6.45, 7) is 7.95. The maximum atomic E-state index is 6.58. The van der Waals surface area contributed by atoms with Gasteiger partial charge in [0.25, 0.3) is 0 Å². The predicted molar refractivity (Wildman–Crippen MR) is 82.7 cm³/mol. The van der Waals surface area contributed by atoms with E-state index in [1.165, 1.54) is 51.5 Å². The zero-order valence-corrected chi connectivity index (χ0v) is 13.3. The first-order valence-electron chi connectivity index (χ1n) is 8.69. The molecular formula is C17H32N2O. The van der Waals surface area contributed by atoms with Crippen molar-refractivity contribution >= 4 is 0 Å². The second-order valence-corrected chi connectivity index (χ2v) is 7.92. The molecule has 0 amide bonds. The number of nitrogens with two attached hydrogens (primary N) is 1. The van der Waals surface area contributed by atoms with Gasteiger partial charge in [-0.3, -0.25) is 4.90 Å². The topological polar surface area (TPSA) is 38.5 Å². The summed E-state index contributed by atoms with van der Waals surface area (Å²) in [4.78, 5) is 2.72. The van der Waals surface area contributed by atoms with Crippen LogP contribution in [0.25, 0.3) is 0 Å². The van der Waals surface area contributed by atoms with Gasteiger partial charge in [-0.15, -0.1) is 0 Å². The molecule has 3 aliphatic rings. The van der Waals surface area contributed by atoms with Crippen molar-refractivity contribution in [3.63, 3.8) is 0 Å². The Morgan fingerprint density at radius 2 is 1.95 bits per heavy atom. The zero-order valence-electron chi connectivity index (χ0n) is 13.3. The molecular weight excluding hydrogens is 248 g/mol. The van der Waals surface area contributed by atoms with E-state index >= 15 is 0 Å². The molecule has 4 atom stereocenters. The SMILES string of the molecule is CC1(C)CCCC(CN2CCOC3CCCCC32)C1N. The Morgan fingerprint density at radius 1 is 1.15 bits per heavy atom. The fraction of sp³-hybridized carbons (Fsp3) is 1.00. The molecule has 2 N–H and O–H groups in total. The highest BCUT2D eigenvalue weighted by atomic mass is 16.5. The van der Waals surface area contributed by atoms with E-state index in [0.717, 1.165) is 13.2 Å². The lowest BCUT2D eigenvalue weighted by molar-refractivity contribution is -0.0958.